The Hall–Kier alpha value is -2.55. The van der Waals surface area contributed by atoms with Gasteiger partial charge in [-0.05, 0) is 18.8 Å². The van der Waals surface area contributed by atoms with Crippen LogP contribution in [0.3, 0.4) is 0 Å². The van der Waals surface area contributed by atoms with Gasteiger partial charge in [-0.2, -0.15) is 0 Å². The topological polar surface area (TPSA) is 109 Å². The van der Waals surface area contributed by atoms with Gasteiger partial charge in [0.2, 0.25) is 0 Å². The molecule has 1 aliphatic rings. The number of aromatic amines is 1. The molecule has 9 heteroatoms. The van der Waals surface area contributed by atoms with Crippen LogP contribution in [0.1, 0.15) is 18.5 Å². The summed E-state index contributed by atoms with van der Waals surface area (Å²) in [6.07, 6.45) is 7.88. The van der Waals surface area contributed by atoms with Crippen LogP contribution in [0, 0.1) is 5.92 Å². The van der Waals surface area contributed by atoms with Crippen LogP contribution in [0.5, 0.6) is 0 Å². The normalized spacial score (nSPS) is 16.1. The molecule has 0 bridgehead atoms. The van der Waals surface area contributed by atoms with Gasteiger partial charge in [0, 0.05) is 38.9 Å². The quantitative estimate of drug-likeness (QED) is 0.697. The van der Waals surface area contributed by atoms with Gasteiger partial charge in [0.25, 0.3) is 0 Å². The third-order valence-electron chi connectivity index (χ3n) is 4.52. The van der Waals surface area contributed by atoms with Crippen LogP contribution in [0.15, 0.2) is 18.9 Å². The van der Waals surface area contributed by atoms with E-state index in [1.807, 2.05) is 10.9 Å². The summed E-state index contributed by atoms with van der Waals surface area (Å²) in [7, 11) is 0. The molecule has 0 amide bonds. The number of rotatable bonds is 5. The van der Waals surface area contributed by atoms with Gasteiger partial charge in [-0.1, -0.05) is 5.21 Å². The van der Waals surface area contributed by atoms with Crippen molar-refractivity contribution in [2.45, 2.75) is 25.8 Å². The second kappa shape index (κ2) is 6.52. The molecular weight excluding hydrogens is 308 g/mol. The number of piperidine rings is 1. The molecule has 9 nitrogen and oxygen atoms in total. The highest BCUT2D eigenvalue weighted by atomic mass is 16.3. The van der Waals surface area contributed by atoms with Crippen LogP contribution in [0.4, 0.5) is 5.82 Å². The molecule has 3 aromatic heterocycles. The molecule has 4 heterocycles. The second-order valence-corrected chi connectivity index (χ2v) is 6.13. The van der Waals surface area contributed by atoms with Crippen molar-refractivity contribution in [1.29, 1.82) is 0 Å². The summed E-state index contributed by atoms with van der Waals surface area (Å²) in [6.45, 7) is 2.88. The lowest BCUT2D eigenvalue weighted by Crippen LogP contribution is -2.35. The van der Waals surface area contributed by atoms with E-state index in [4.69, 9.17) is 5.11 Å². The molecule has 2 N–H and O–H groups in total. The highest BCUT2D eigenvalue weighted by Crippen LogP contribution is 2.26. The number of hydrogen-bond donors (Lipinski definition) is 2. The van der Waals surface area contributed by atoms with Crippen LogP contribution in [0.2, 0.25) is 0 Å². The first-order valence-electron chi connectivity index (χ1n) is 8.22. The summed E-state index contributed by atoms with van der Waals surface area (Å²) in [6, 6.07) is 0. The Kier molecular flexibility index (Phi) is 4.08. The van der Waals surface area contributed by atoms with Crippen molar-refractivity contribution in [2.75, 3.05) is 24.6 Å². The number of nitrogens with zero attached hydrogens (tertiary/aromatic N) is 7. The Labute approximate surface area is 138 Å². The largest absolute Gasteiger partial charge is 0.396 e. The van der Waals surface area contributed by atoms with Gasteiger partial charge in [-0.3, -0.25) is 4.68 Å². The minimum absolute atomic E-state index is 0.109. The maximum Gasteiger partial charge on any atom is 0.182 e. The van der Waals surface area contributed by atoms with Crippen molar-refractivity contribution in [3.63, 3.8) is 0 Å². The fourth-order valence-electron chi connectivity index (χ4n) is 3.24. The van der Waals surface area contributed by atoms with Gasteiger partial charge < -0.3 is 15.0 Å². The maximum atomic E-state index is 8.95. The van der Waals surface area contributed by atoms with E-state index in [2.05, 4.69) is 35.1 Å². The van der Waals surface area contributed by atoms with Crippen molar-refractivity contribution in [1.82, 2.24) is 34.9 Å². The van der Waals surface area contributed by atoms with Gasteiger partial charge in [-0.25, -0.2) is 15.0 Å². The number of fused-ring (bicyclic) bond motifs is 1. The van der Waals surface area contributed by atoms with Gasteiger partial charge in [-0.15, -0.1) is 5.10 Å². The van der Waals surface area contributed by atoms with E-state index in [-0.39, 0.29) is 6.61 Å². The molecule has 24 heavy (non-hydrogen) atoms. The van der Waals surface area contributed by atoms with Gasteiger partial charge >= 0.3 is 0 Å². The van der Waals surface area contributed by atoms with Crippen molar-refractivity contribution in [3.8, 4) is 0 Å². The summed E-state index contributed by atoms with van der Waals surface area (Å²) >= 11 is 0. The van der Waals surface area contributed by atoms with Crippen LogP contribution in [0.25, 0.3) is 11.2 Å². The van der Waals surface area contributed by atoms with E-state index in [1.165, 1.54) is 0 Å². The number of hydrogen-bond acceptors (Lipinski definition) is 7. The number of aromatic nitrogens is 7. The lowest BCUT2D eigenvalue weighted by molar-refractivity contribution is 0.298. The Bertz CT molecular complexity index is 805. The Morgan fingerprint density at radius 1 is 1.21 bits per heavy atom. The SMILES string of the molecule is OCCc1cn(CC2CCN(c3ncnc4nc[nH]c34)CC2)nn1. The van der Waals surface area contributed by atoms with E-state index in [0.29, 0.717) is 18.0 Å². The molecule has 0 atom stereocenters. The summed E-state index contributed by atoms with van der Waals surface area (Å²) in [5.74, 6) is 1.51. The van der Waals surface area contributed by atoms with Crippen LogP contribution in [-0.4, -0.2) is 59.7 Å². The molecule has 1 saturated heterocycles. The lowest BCUT2D eigenvalue weighted by Gasteiger charge is -2.32. The molecule has 0 spiro atoms. The number of aliphatic hydroxyl groups excluding tert-OH is 1. The first-order valence-corrected chi connectivity index (χ1v) is 8.22. The molecule has 0 aromatic carbocycles. The smallest absolute Gasteiger partial charge is 0.182 e. The van der Waals surface area contributed by atoms with Gasteiger partial charge in [0.05, 0.1) is 12.0 Å². The monoisotopic (exact) mass is 328 g/mol. The fourth-order valence-corrected chi connectivity index (χ4v) is 3.24. The molecule has 0 radical (unpaired) electrons. The summed E-state index contributed by atoms with van der Waals surface area (Å²) in [5.41, 5.74) is 2.46. The molecule has 1 aliphatic heterocycles. The van der Waals surface area contributed by atoms with Crippen molar-refractivity contribution in [3.05, 3.63) is 24.5 Å². The number of H-pyrrole nitrogens is 1. The van der Waals surface area contributed by atoms with Gasteiger partial charge in [0.1, 0.15) is 11.8 Å². The average molecular weight is 328 g/mol. The zero-order chi connectivity index (χ0) is 16.4. The summed E-state index contributed by atoms with van der Waals surface area (Å²) in [5, 5.41) is 17.2. The summed E-state index contributed by atoms with van der Waals surface area (Å²) in [4.78, 5) is 18.2. The van der Waals surface area contributed by atoms with E-state index < -0.39 is 0 Å². The minimum atomic E-state index is 0.109. The van der Waals surface area contributed by atoms with E-state index in [9.17, 15) is 0 Å². The predicted molar refractivity (Wildman–Crippen MR) is 87.4 cm³/mol. The third kappa shape index (κ3) is 2.94. The number of aliphatic hydroxyl groups is 1. The van der Waals surface area contributed by atoms with Crippen LogP contribution < -0.4 is 4.90 Å². The van der Waals surface area contributed by atoms with Crippen molar-refractivity contribution < 1.29 is 5.11 Å². The third-order valence-corrected chi connectivity index (χ3v) is 4.52. The Morgan fingerprint density at radius 2 is 2.08 bits per heavy atom. The molecule has 0 unspecified atom stereocenters. The molecule has 3 aromatic rings. The van der Waals surface area contributed by atoms with Crippen molar-refractivity contribution in [2.24, 2.45) is 5.92 Å². The molecule has 126 valence electrons. The zero-order valence-electron chi connectivity index (χ0n) is 13.3. The van der Waals surface area contributed by atoms with E-state index in [0.717, 1.165) is 49.5 Å². The molecule has 0 saturated carbocycles. The highest BCUT2D eigenvalue weighted by molar-refractivity contribution is 5.82. The molecular formula is C15H20N8O. The van der Waals surface area contributed by atoms with E-state index in [1.54, 1.807) is 12.7 Å². The minimum Gasteiger partial charge on any atom is -0.396 e. The van der Waals surface area contributed by atoms with Crippen molar-refractivity contribution >= 4 is 17.0 Å². The first kappa shape index (κ1) is 15.0. The van der Waals surface area contributed by atoms with Crippen LogP contribution >= 0.6 is 0 Å². The zero-order valence-corrected chi connectivity index (χ0v) is 13.3. The molecule has 0 aliphatic carbocycles. The highest BCUT2D eigenvalue weighted by Gasteiger charge is 2.23. The van der Waals surface area contributed by atoms with E-state index >= 15 is 0 Å². The Morgan fingerprint density at radius 3 is 2.92 bits per heavy atom. The first-order chi connectivity index (χ1) is 11.8. The lowest BCUT2D eigenvalue weighted by atomic mass is 9.97. The predicted octanol–water partition coefficient (Wildman–Crippen LogP) is 0.396. The standard InChI is InChI=1S/C15H20N8O/c24-6-3-12-8-23(21-20-12)7-11-1-4-22(5-2-11)15-13-14(17-9-16-13)18-10-19-15/h8-11,24H,1-7H2,(H,16,17,18,19). The van der Waals surface area contributed by atoms with Gasteiger partial charge in [0.15, 0.2) is 11.5 Å². The maximum absolute atomic E-state index is 8.95. The number of anilines is 1. The molecule has 1 fully saturated rings. The Balaban J connectivity index is 1.38. The number of nitrogens with one attached hydrogen (secondary N) is 1. The van der Waals surface area contributed by atoms with Crippen LogP contribution in [-0.2, 0) is 13.0 Å². The molecule has 4 rings (SSSR count). The summed E-state index contributed by atoms with van der Waals surface area (Å²) < 4.78 is 1.89. The fraction of sp³-hybridized carbons (Fsp3) is 0.533. The second-order valence-electron chi connectivity index (χ2n) is 6.13. The average Bonchev–Trinajstić information content (AvgIpc) is 3.25. The number of imidazole rings is 1.